The van der Waals surface area contributed by atoms with E-state index in [1.807, 2.05) is 30.3 Å². The second-order valence-corrected chi connectivity index (χ2v) is 2.69. The lowest BCUT2D eigenvalue weighted by atomic mass is 10.2. The van der Waals surface area contributed by atoms with Crippen LogP contribution < -0.4 is 0 Å². The summed E-state index contributed by atoms with van der Waals surface area (Å²) in [4.78, 5) is 0.950. The molecule has 0 spiro atoms. The van der Waals surface area contributed by atoms with Crippen molar-refractivity contribution < 1.29 is 5.11 Å². The first kappa shape index (κ1) is 8.37. The highest BCUT2D eigenvalue weighted by Gasteiger charge is 1.84. The predicted octanol–water partition coefficient (Wildman–Crippen LogP) is 1.98. The zero-order valence-corrected chi connectivity index (χ0v) is 6.96. The third-order valence-corrected chi connectivity index (χ3v) is 1.61. The lowest BCUT2D eigenvalue weighted by Gasteiger charge is -1.92. The van der Waals surface area contributed by atoms with Crippen molar-refractivity contribution in [2.24, 2.45) is 0 Å². The van der Waals surface area contributed by atoms with Crippen LogP contribution in [0.15, 0.2) is 35.2 Å². The van der Waals surface area contributed by atoms with Crippen LogP contribution in [0.3, 0.4) is 0 Å². The molecule has 0 aliphatic rings. The van der Waals surface area contributed by atoms with Gasteiger partial charge in [0.15, 0.2) is 0 Å². The molecule has 0 aromatic heterocycles. The molecule has 0 radical (unpaired) electrons. The molecule has 1 nitrogen and oxygen atoms in total. The van der Waals surface area contributed by atoms with E-state index in [2.05, 4.69) is 12.6 Å². The van der Waals surface area contributed by atoms with Crippen LogP contribution in [0.1, 0.15) is 5.56 Å². The van der Waals surface area contributed by atoms with Gasteiger partial charge in [-0.15, -0.1) is 12.6 Å². The Morgan fingerprint density at radius 2 is 1.91 bits per heavy atom. The maximum atomic E-state index is 8.48. The summed E-state index contributed by atoms with van der Waals surface area (Å²) in [6.45, 7) is 0.0859. The van der Waals surface area contributed by atoms with E-state index in [9.17, 15) is 0 Å². The Labute approximate surface area is 71.8 Å². The van der Waals surface area contributed by atoms with Crippen molar-refractivity contribution in [1.29, 1.82) is 0 Å². The van der Waals surface area contributed by atoms with E-state index in [0.29, 0.717) is 0 Å². The first-order chi connectivity index (χ1) is 5.33. The van der Waals surface area contributed by atoms with E-state index in [-0.39, 0.29) is 6.61 Å². The standard InChI is InChI=1S/C9H10OS/c10-7-1-2-8-3-5-9(11)6-4-8/h1-6,10-11H,7H2. The number of thiol groups is 1. The zero-order chi connectivity index (χ0) is 8.10. The summed E-state index contributed by atoms with van der Waals surface area (Å²) in [5, 5.41) is 8.48. The van der Waals surface area contributed by atoms with Crippen LogP contribution in [0.2, 0.25) is 0 Å². The Bertz CT molecular complexity index is 238. The quantitative estimate of drug-likeness (QED) is 0.644. The highest BCUT2D eigenvalue weighted by atomic mass is 32.1. The first-order valence-corrected chi connectivity index (χ1v) is 3.84. The monoisotopic (exact) mass is 166 g/mol. The minimum Gasteiger partial charge on any atom is -0.392 e. The molecule has 11 heavy (non-hydrogen) atoms. The van der Waals surface area contributed by atoms with Gasteiger partial charge in [0.2, 0.25) is 0 Å². The van der Waals surface area contributed by atoms with Gasteiger partial charge in [0.05, 0.1) is 6.61 Å². The summed E-state index contributed by atoms with van der Waals surface area (Å²) < 4.78 is 0. The Morgan fingerprint density at radius 3 is 2.45 bits per heavy atom. The Hall–Kier alpha value is -0.730. The summed E-state index contributed by atoms with van der Waals surface area (Å²) >= 11 is 4.15. The van der Waals surface area contributed by atoms with Gasteiger partial charge >= 0.3 is 0 Å². The highest BCUT2D eigenvalue weighted by molar-refractivity contribution is 7.80. The van der Waals surface area contributed by atoms with Crippen LogP contribution in [0, 0.1) is 0 Å². The lowest BCUT2D eigenvalue weighted by Crippen LogP contribution is -1.73. The van der Waals surface area contributed by atoms with E-state index < -0.39 is 0 Å². The van der Waals surface area contributed by atoms with Crippen molar-refractivity contribution in [3.8, 4) is 0 Å². The molecule has 1 aromatic rings. The van der Waals surface area contributed by atoms with Gasteiger partial charge in [0, 0.05) is 4.90 Å². The van der Waals surface area contributed by atoms with Gasteiger partial charge in [0.25, 0.3) is 0 Å². The van der Waals surface area contributed by atoms with E-state index in [1.165, 1.54) is 0 Å². The molecule has 0 saturated heterocycles. The first-order valence-electron chi connectivity index (χ1n) is 3.39. The lowest BCUT2D eigenvalue weighted by molar-refractivity contribution is 0.343. The average Bonchev–Trinajstić information content (AvgIpc) is 2.04. The van der Waals surface area contributed by atoms with Gasteiger partial charge in [-0.1, -0.05) is 24.3 Å². The fourth-order valence-electron chi connectivity index (χ4n) is 0.774. The normalized spacial score (nSPS) is 10.7. The Morgan fingerprint density at radius 1 is 1.27 bits per heavy atom. The second kappa shape index (κ2) is 4.21. The summed E-state index contributed by atoms with van der Waals surface area (Å²) in [5.74, 6) is 0. The van der Waals surface area contributed by atoms with Crippen LogP contribution in [0.25, 0.3) is 6.08 Å². The summed E-state index contributed by atoms with van der Waals surface area (Å²) in [7, 11) is 0. The maximum Gasteiger partial charge on any atom is 0.0615 e. The molecule has 0 aliphatic heterocycles. The summed E-state index contributed by atoms with van der Waals surface area (Å²) in [5.41, 5.74) is 1.08. The van der Waals surface area contributed by atoms with E-state index in [4.69, 9.17) is 5.11 Å². The summed E-state index contributed by atoms with van der Waals surface area (Å²) in [6.07, 6.45) is 3.57. The van der Waals surface area contributed by atoms with Crippen molar-refractivity contribution in [2.75, 3.05) is 6.61 Å². The van der Waals surface area contributed by atoms with Gasteiger partial charge in [0.1, 0.15) is 0 Å². The molecule has 1 aromatic carbocycles. The average molecular weight is 166 g/mol. The molecule has 0 amide bonds. The van der Waals surface area contributed by atoms with E-state index in [0.717, 1.165) is 10.5 Å². The molecular weight excluding hydrogens is 156 g/mol. The predicted molar refractivity (Wildman–Crippen MR) is 49.8 cm³/mol. The number of rotatable bonds is 2. The van der Waals surface area contributed by atoms with Crippen LogP contribution in [-0.4, -0.2) is 11.7 Å². The van der Waals surface area contributed by atoms with Crippen molar-refractivity contribution >= 4 is 18.7 Å². The number of benzene rings is 1. The zero-order valence-electron chi connectivity index (χ0n) is 6.07. The number of hydrogen-bond donors (Lipinski definition) is 2. The van der Waals surface area contributed by atoms with Gasteiger partial charge in [-0.2, -0.15) is 0 Å². The SMILES string of the molecule is OCC=Cc1ccc(S)cc1. The van der Waals surface area contributed by atoms with Gasteiger partial charge in [-0.25, -0.2) is 0 Å². The minimum absolute atomic E-state index is 0.0859. The molecular formula is C9H10OS. The fraction of sp³-hybridized carbons (Fsp3) is 0.111. The third-order valence-electron chi connectivity index (χ3n) is 1.31. The number of aliphatic hydroxyl groups is 1. The smallest absolute Gasteiger partial charge is 0.0615 e. The molecule has 0 bridgehead atoms. The topological polar surface area (TPSA) is 20.2 Å². The molecule has 58 valence electrons. The van der Waals surface area contributed by atoms with E-state index in [1.54, 1.807) is 6.08 Å². The van der Waals surface area contributed by atoms with Crippen LogP contribution in [0.5, 0.6) is 0 Å². The molecule has 1 N–H and O–H groups in total. The van der Waals surface area contributed by atoms with Crippen molar-refractivity contribution in [3.05, 3.63) is 35.9 Å². The van der Waals surface area contributed by atoms with Crippen LogP contribution >= 0.6 is 12.6 Å². The largest absolute Gasteiger partial charge is 0.392 e. The number of hydrogen-bond acceptors (Lipinski definition) is 2. The molecule has 0 fully saturated rings. The third kappa shape index (κ3) is 2.78. The van der Waals surface area contributed by atoms with E-state index >= 15 is 0 Å². The molecule has 2 heteroatoms. The van der Waals surface area contributed by atoms with Crippen molar-refractivity contribution in [3.63, 3.8) is 0 Å². The van der Waals surface area contributed by atoms with Gasteiger partial charge in [-0.3, -0.25) is 0 Å². The Kier molecular flexibility index (Phi) is 3.20. The summed E-state index contributed by atoms with van der Waals surface area (Å²) in [6, 6.07) is 7.74. The fourth-order valence-corrected chi connectivity index (χ4v) is 0.923. The van der Waals surface area contributed by atoms with Crippen molar-refractivity contribution in [2.45, 2.75) is 4.90 Å². The van der Waals surface area contributed by atoms with Crippen LogP contribution in [0.4, 0.5) is 0 Å². The van der Waals surface area contributed by atoms with Gasteiger partial charge in [-0.05, 0) is 17.7 Å². The Balaban J connectivity index is 2.73. The van der Waals surface area contributed by atoms with Crippen LogP contribution in [-0.2, 0) is 0 Å². The number of aliphatic hydroxyl groups excluding tert-OH is 1. The molecule has 0 atom stereocenters. The molecule has 0 heterocycles. The van der Waals surface area contributed by atoms with Gasteiger partial charge < -0.3 is 5.11 Å². The molecule has 0 saturated carbocycles. The minimum atomic E-state index is 0.0859. The molecule has 0 aliphatic carbocycles. The molecule has 0 unspecified atom stereocenters. The van der Waals surface area contributed by atoms with Crippen molar-refractivity contribution in [1.82, 2.24) is 0 Å². The maximum absolute atomic E-state index is 8.48. The molecule has 1 rings (SSSR count). The highest BCUT2D eigenvalue weighted by Crippen LogP contribution is 2.08. The second-order valence-electron chi connectivity index (χ2n) is 2.18.